The van der Waals surface area contributed by atoms with Crippen molar-refractivity contribution in [3.63, 3.8) is 0 Å². The normalized spacial score (nSPS) is 18.2. The van der Waals surface area contributed by atoms with Crippen LogP contribution in [0.15, 0.2) is 36.5 Å². The van der Waals surface area contributed by atoms with E-state index in [1.807, 2.05) is 18.2 Å². The maximum absolute atomic E-state index is 12.8. The van der Waals surface area contributed by atoms with Crippen molar-refractivity contribution in [3.8, 4) is 11.8 Å². The summed E-state index contributed by atoms with van der Waals surface area (Å²) in [6.45, 7) is 4.49. The molecule has 0 spiro atoms. The van der Waals surface area contributed by atoms with Crippen LogP contribution >= 0.6 is 0 Å². The Hall–Kier alpha value is -3.17. The summed E-state index contributed by atoms with van der Waals surface area (Å²) in [6, 6.07) is 10.00. The van der Waals surface area contributed by atoms with Crippen molar-refractivity contribution in [2.45, 2.75) is 50.1 Å². The number of sulfone groups is 1. The molecule has 1 atom stereocenters. The average molecular weight is 528 g/mol. The Kier molecular flexibility index (Phi) is 7.75. The number of hydrogen-bond donors (Lipinski definition) is 3. The van der Waals surface area contributed by atoms with Crippen LogP contribution in [0.1, 0.15) is 48.6 Å². The van der Waals surface area contributed by atoms with Gasteiger partial charge in [0.25, 0.3) is 5.91 Å². The van der Waals surface area contributed by atoms with Gasteiger partial charge in [-0.2, -0.15) is 0 Å². The Labute approximate surface area is 217 Å². The van der Waals surface area contributed by atoms with Gasteiger partial charge in [0, 0.05) is 48.4 Å². The number of likely N-dealkylation sites (tertiary alicyclic amines) is 1. The molecular weight excluding hydrogens is 494 g/mol. The summed E-state index contributed by atoms with van der Waals surface area (Å²) >= 11 is 0. The van der Waals surface area contributed by atoms with Crippen molar-refractivity contribution in [1.29, 1.82) is 0 Å². The first-order valence-corrected chi connectivity index (χ1v) is 14.1. The van der Waals surface area contributed by atoms with Crippen LogP contribution < -0.4 is 11.2 Å². The number of piperidine rings is 1. The SMILES string of the molecule is CC(CCN1Cc2cc(C#Cc3ccc(CN4CCC(N)CC4)cc3)cn2C1=O)(C(=O)NO)S(C)(=O)=O. The number of benzene rings is 1. The highest BCUT2D eigenvalue weighted by Gasteiger charge is 2.44. The number of hydroxylamine groups is 1. The molecule has 1 saturated heterocycles. The zero-order valence-electron chi connectivity index (χ0n) is 21.1. The van der Waals surface area contributed by atoms with E-state index in [9.17, 15) is 18.0 Å². The van der Waals surface area contributed by atoms with Crippen molar-refractivity contribution >= 4 is 21.8 Å². The molecule has 1 aromatic carbocycles. The molecule has 4 rings (SSSR count). The maximum Gasteiger partial charge on any atom is 0.328 e. The first kappa shape index (κ1) is 26.9. The van der Waals surface area contributed by atoms with Crippen molar-refractivity contribution in [1.82, 2.24) is 19.8 Å². The van der Waals surface area contributed by atoms with Crippen molar-refractivity contribution in [3.05, 3.63) is 58.9 Å². The van der Waals surface area contributed by atoms with E-state index in [0.29, 0.717) is 11.6 Å². The molecule has 198 valence electrons. The van der Waals surface area contributed by atoms with Crippen LogP contribution in [0, 0.1) is 11.8 Å². The molecule has 2 amide bonds. The molecule has 2 aromatic rings. The number of carbonyl (C=O) groups is 2. The molecule has 1 aromatic heterocycles. The van der Waals surface area contributed by atoms with Gasteiger partial charge in [0.2, 0.25) is 0 Å². The number of hydrogen-bond acceptors (Lipinski definition) is 7. The Balaban J connectivity index is 1.36. The molecule has 0 radical (unpaired) electrons. The third-order valence-electron chi connectivity index (χ3n) is 7.33. The van der Waals surface area contributed by atoms with Crippen LogP contribution in [0.5, 0.6) is 0 Å². The second kappa shape index (κ2) is 10.7. The molecule has 0 bridgehead atoms. The third kappa shape index (κ3) is 5.88. The fourth-order valence-corrected chi connectivity index (χ4v) is 5.45. The Morgan fingerprint density at radius 3 is 2.43 bits per heavy atom. The minimum Gasteiger partial charge on any atom is -0.328 e. The van der Waals surface area contributed by atoms with E-state index in [2.05, 4.69) is 28.9 Å². The molecule has 10 nitrogen and oxygen atoms in total. The lowest BCUT2D eigenvalue weighted by Gasteiger charge is -2.30. The summed E-state index contributed by atoms with van der Waals surface area (Å²) in [4.78, 5) is 28.7. The molecular formula is C26H33N5O5S. The molecule has 0 saturated carbocycles. The van der Waals surface area contributed by atoms with E-state index in [4.69, 9.17) is 10.9 Å². The lowest BCUT2D eigenvalue weighted by atomic mass is 10.0. The van der Waals surface area contributed by atoms with Gasteiger partial charge in [0.15, 0.2) is 14.6 Å². The van der Waals surface area contributed by atoms with Gasteiger partial charge in [-0.05, 0) is 63.0 Å². The van der Waals surface area contributed by atoms with Gasteiger partial charge in [-0.15, -0.1) is 0 Å². The highest BCUT2D eigenvalue weighted by molar-refractivity contribution is 7.92. The molecule has 2 aliphatic heterocycles. The molecule has 4 N–H and O–H groups in total. The molecule has 1 fully saturated rings. The standard InChI is InChI=1S/C26H33N5O5S/c1-26(24(32)28-34,37(2,35)36)11-14-30-18-23-15-21(17-31(23)25(30)33)8-5-19-3-6-20(7-4-19)16-29-12-9-22(27)10-13-29/h3-4,6-7,15,17,22,34H,9-14,16,18,27H2,1-2H3,(H,28,32). The van der Waals surface area contributed by atoms with Gasteiger partial charge in [-0.1, -0.05) is 24.0 Å². The van der Waals surface area contributed by atoms with Gasteiger partial charge in [0.1, 0.15) is 0 Å². The summed E-state index contributed by atoms with van der Waals surface area (Å²) < 4.78 is 24.0. The Morgan fingerprint density at radius 1 is 1.19 bits per heavy atom. The first-order chi connectivity index (χ1) is 17.5. The Morgan fingerprint density at radius 2 is 1.84 bits per heavy atom. The fourth-order valence-electron chi connectivity index (χ4n) is 4.61. The van der Waals surface area contributed by atoms with Crippen LogP contribution in [-0.4, -0.2) is 76.6 Å². The van der Waals surface area contributed by atoms with Crippen molar-refractivity contribution in [2.24, 2.45) is 5.73 Å². The van der Waals surface area contributed by atoms with Gasteiger partial charge < -0.3 is 10.6 Å². The number of carbonyl (C=O) groups excluding carboxylic acids is 2. The number of aromatic nitrogens is 1. The van der Waals surface area contributed by atoms with Crippen LogP contribution in [0.25, 0.3) is 0 Å². The Bertz CT molecular complexity index is 1330. The van der Waals surface area contributed by atoms with E-state index in [1.165, 1.54) is 27.4 Å². The zero-order valence-corrected chi connectivity index (χ0v) is 21.9. The number of amides is 2. The number of fused-ring (bicyclic) bond motifs is 1. The zero-order chi connectivity index (χ0) is 26.8. The number of rotatable bonds is 7. The van der Waals surface area contributed by atoms with E-state index in [-0.39, 0.29) is 25.5 Å². The van der Waals surface area contributed by atoms with Crippen LogP contribution in [0.4, 0.5) is 4.79 Å². The summed E-state index contributed by atoms with van der Waals surface area (Å²) in [5, 5.41) is 8.97. The van der Waals surface area contributed by atoms with Gasteiger partial charge in [-0.3, -0.25) is 19.5 Å². The van der Waals surface area contributed by atoms with Crippen molar-refractivity contribution in [2.75, 3.05) is 25.9 Å². The van der Waals surface area contributed by atoms with E-state index >= 15 is 0 Å². The number of nitrogens with one attached hydrogen (secondary N) is 1. The monoisotopic (exact) mass is 527 g/mol. The van der Waals surface area contributed by atoms with Crippen LogP contribution in [0.2, 0.25) is 0 Å². The van der Waals surface area contributed by atoms with Gasteiger partial charge >= 0.3 is 6.03 Å². The predicted molar refractivity (Wildman–Crippen MR) is 138 cm³/mol. The molecule has 0 aliphatic carbocycles. The van der Waals surface area contributed by atoms with Gasteiger partial charge in [0.05, 0.1) is 6.54 Å². The summed E-state index contributed by atoms with van der Waals surface area (Å²) in [5.41, 5.74) is 11.0. The summed E-state index contributed by atoms with van der Waals surface area (Å²) in [5.74, 6) is 5.22. The highest BCUT2D eigenvalue weighted by Crippen LogP contribution is 2.25. The van der Waals surface area contributed by atoms with Crippen molar-refractivity contribution < 1.29 is 23.2 Å². The number of nitrogens with zero attached hydrogens (tertiary/aromatic N) is 3. The summed E-state index contributed by atoms with van der Waals surface area (Å²) in [7, 11) is -3.83. The van der Waals surface area contributed by atoms with Crippen LogP contribution in [0.3, 0.4) is 0 Å². The summed E-state index contributed by atoms with van der Waals surface area (Å²) in [6.07, 6.45) is 4.51. The topological polar surface area (TPSA) is 138 Å². The molecule has 11 heteroatoms. The quantitative estimate of drug-likeness (QED) is 0.280. The second-order valence-electron chi connectivity index (χ2n) is 10.0. The predicted octanol–water partition coefficient (Wildman–Crippen LogP) is 1.29. The molecule has 1 unspecified atom stereocenters. The second-order valence-corrected chi connectivity index (χ2v) is 12.5. The molecule has 2 aliphatic rings. The van der Waals surface area contributed by atoms with E-state index in [1.54, 1.807) is 6.20 Å². The minimum atomic E-state index is -3.83. The fraction of sp³-hybridized carbons (Fsp3) is 0.462. The average Bonchev–Trinajstić information content (AvgIpc) is 3.40. The lowest BCUT2D eigenvalue weighted by Crippen LogP contribution is -2.50. The highest BCUT2D eigenvalue weighted by atomic mass is 32.2. The van der Waals surface area contributed by atoms with E-state index in [0.717, 1.165) is 50.0 Å². The first-order valence-electron chi connectivity index (χ1n) is 12.2. The molecule has 37 heavy (non-hydrogen) atoms. The lowest BCUT2D eigenvalue weighted by molar-refractivity contribution is -0.131. The van der Waals surface area contributed by atoms with E-state index < -0.39 is 20.5 Å². The molecule has 3 heterocycles. The maximum atomic E-state index is 12.8. The van der Waals surface area contributed by atoms with Crippen LogP contribution in [-0.2, 0) is 27.7 Å². The number of nitrogens with two attached hydrogens (primary N) is 1. The minimum absolute atomic E-state index is 0.0368. The smallest absolute Gasteiger partial charge is 0.328 e. The largest absolute Gasteiger partial charge is 0.328 e. The third-order valence-corrected chi connectivity index (χ3v) is 9.36. The van der Waals surface area contributed by atoms with Gasteiger partial charge in [-0.25, -0.2) is 18.7 Å².